The predicted molar refractivity (Wildman–Crippen MR) is 69.6 cm³/mol. The van der Waals surface area contributed by atoms with Crippen LogP contribution in [0.5, 0.6) is 0 Å². The second-order valence-corrected chi connectivity index (χ2v) is 5.00. The van der Waals surface area contributed by atoms with Crippen molar-refractivity contribution in [2.75, 3.05) is 7.05 Å². The van der Waals surface area contributed by atoms with Crippen LogP contribution in [0.2, 0.25) is 0 Å². The van der Waals surface area contributed by atoms with Gasteiger partial charge in [0.2, 0.25) is 0 Å². The third kappa shape index (κ3) is 2.35. The van der Waals surface area contributed by atoms with Crippen LogP contribution in [0, 0.1) is 5.92 Å². The lowest BCUT2D eigenvalue weighted by Gasteiger charge is -2.20. The van der Waals surface area contributed by atoms with Crippen molar-refractivity contribution >= 4 is 0 Å². The van der Waals surface area contributed by atoms with Gasteiger partial charge < -0.3 is 5.32 Å². The number of rotatable bonds is 3. The molecule has 0 radical (unpaired) electrons. The molecule has 0 saturated heterocycles. The SMILES string of the molecule is CNC(C=C(C)C)C1Cc2ccccc2C1. The molecule has 0 bridgehead atoms. The summed E-state index contributed by atoms with van der Waals surface area (Å²) in [6, 6.07) is 9.35. The molecule has 1 unspecified atom stereocenters. The Morgan fingerprint density at radius 1 is 1.25 bits per heavy atom. The standard InChI is InChI=1S/C15H21N/c1-11(2)8-15(16-3)14-9-12-6-4-5-7-13(12)10-14/h4-8,14-16H,9-10H2,1-3H3. The molecule has 16 heavy (non-hydrogen) atoms. The number of benzene rings is 1. The van der Waals surface area contributed by atoms with Gasteiger partial charge in [-0.15, -0.1) is 0 Å². The Labute approximate surface area is 98.6 Å². The Kier molecular flexibility index (Phi) is 3.45. The molecule has 1 aromatic carbocycles. The van der Waals surface area contributed by atoms with E-state index in [9.17, 15) is 0 Å². The normalized spacial score (nSPS) is 16.9. The van der Waals surface area contributed by atoms with Crippen molar-refractivity contribution in [2.24, 2.45) is 5.92 Å². The maximum absolute atomic E-state index is 3.43. The molecule has 1 aliphatic carbocycles. The monoisotopic (exact) mass is 215 g/mol. The second-order valence-electron chi connectivity index (χ2n) is 5.00. The number of hydrogen-bond acceptors (Lipinski definition) is 1. The smallest absolute Gasteiger partial charge is 0.0284 e. The molecule has 0 heterocycles. The van der Waals surface area contributed by atoms with E-state index < -0.39 is 0 Å². The Bertz CT molecular complexity index is 363. The molecule has 0 amide bonds. The minimum atomic E-state index is 0.511. The second kappa shape index (κ2) is 4.84. The van der Waals surface area contributed by atoms with E-state index in [1.165, 1.54) is 29.5 Å². The zero-order chi connectivity index (χ0) is 11.5. The van der Waals surface area contributed by atoms with Gasteiger partial charge in [0.15, 0.2) is 0 Å². The molecule has 0 spiro atoms. The van der Waals surface area contributed by atoms with Gasteiger partial charge in [0.25, 0.3) is 0 Å². The summed E-state index contributed by atoms with van der Waals surface area (Å²) in [5, 5.41) is 3.43. The number of likely N-dealkylation sites (N-methyl/N-ethyl adjacent to an activating group) is 1. The average Bonchev–Trinajstić information content (AvgIpc) is 2.68. The van der Waals surface area contributed by atoms with Crippen LogP contribution >= 0.6 is 0 Å². The molecule has 1 aliphatic rings. The fourth-order valence-corrected chi connectivity index (χ4v) is 2.66. The topological polar surface area (TPSA) is 12.0 Å². The summed E-state index contributed by atoms with van der Waals surface area (Å²) < 4.78 is 0. The van der Waals surface area contributed by atoms with Crippen molar-refractivity contribution in [3.05, 3.63) is 47.0 Å². The summed E-state index contributed by atoms with van der Waals surface area (Å²) >= 11 is 0. The van der Waals surface area contributed by atoms with Crippen LogP contribution in [0.3, 0.4) is 0 Å². The Morgan fingerprint density at radius 2 is 1.81 bits per heavy atom. The fraction of sp³-hybridized carbons (Fsp3) is 0.467. The third-order valence-electron chi connectivity index (χ3n) is 3.44. The molecule has 1 aromatic rings. The van der Waals surface area contributed by atoms with Gasteiger partial charge in [0.05, 0.1) is 0 Å². The third-order valence-corrected chi connectivity index (χ3v) is 3.44. The van der Waals surface area contributed by atoms with E-state index >= 15 is 0 Å². The first-order chi connectivity index (χ1) is 7.70. The van der Waals surface area contributed by atoms with E-state index in [2.05, 4.69) is 56.6 Å². The lowest BCUT2D eigenvalue weighted by atomic mass is 9.95. The van der Waals surface area contributed by atoms with Gasteiger partial charge in [-0.1, -0.05) is 35.9 Å². The lowest BCUT2D eigenvalue weighted by Crippen LogP contribution is -2.32. The molecule has 0 fully saturated rings. The first-order valence-corrected chi connectivity index (χ1v) is 6.09. The Hall–Kier alpha value is -1.08. The van der Waals surface area contributed by atoms with Crippen LogP contribution < -0.4 is 5.32 Å². The van der Waals surface area contributed by atoms with E-state index in [0.29, 0.717) is 6.04 Å². The molecule has 0 aromatic heterocycles. The summed E-state index contributed by atoms with van der Waals surface area (Å²) in [5.41, 5.74) is 4.47. The highest BCUT2D eigenvalue weighted by molar-refractivity contribution is 5.33. The number of allylic oxidation sites excluding steroid dienone is 1. The van der Waals surface area contributed by atoms with Crippen LogP contribution in [0.4, 0.5) is 0 Å². The van der Waals surface area contributed by atoms with Crippen LogP contribution in [0.25, 0.3) is 0 Å². The van der Waals surface area contributed by atoms with Crippen molar-refractivity contribution in [1.29, 1.82) is 0 Å². The van der Waals surface area contributed by atoms with E-state index in [1.807, 2.05) is 0 Å². The van der Waals surface area contributed by atoms with E-state index in [4.69, 9.17) is 0 Å². The van der Waals surface area contributed by atoms with Gasteiger partial charge in [0.1, 0.15) is 0 Å². The van der Waals surface area contributed by atoms with E-state index in [0.717, 1.165) is 5.92 Å². The zero-order valence-corrected chi connectivity index (χ0v) is 10.5. The van der Waals surface area contributed by atoms with Gasteiger partial charge in [-0.25, -0.2) is 0 Å². The van der Waals surface area contributed by atoms with Crippen molar-refractivity contribution in [3.8, 4) is 0 Å². The van der Waals surface area contributed by atoms with E-state index in [-0.39, 0.29) is 0 Å². The van der Waals surface area contributed by atoms with Crippen LogP contribution in [0.1, 0.15) is 25.0 Å². The zero-order valence-electron chi connectivity index (χ0n) is 10.5. The molecule has 86 valence electrons. The van der Waals surface area contributed by atoms with E-state index in [1.54, 1.807) is 0 Å². The molecule has 1 N–H and O–H groups in total. The number of nitrogens with one attached hydrogen (secondary N) is 1. The summed E-state index contributed by atoms with van der Waals surface area (Å²) in [7, 11) is 2.06. The minimum Gasteiger partial charge on any atom is -0.313 e. The van der Waals surface area contributed by atoms with Crippen molar-refractivity contribution in [1.82, 2.24) is 5.32 Å². The van der Waals surface area contributed by atoms with Gasteiger partial charge >= 0.3 is 0 Å². The highest BCUT2D eigenvalue weighted by atomic mass is 14.9. The highest BCUT2D eigenvalue weighted by Crippen LogP contribution is 2.29. The quantitative estimate of drug-likeness (QED) is 0.764. The van der Waals surface area contributed by atoms with Crippen LogP contribution in [-0.2, 0) is 12.8 Å². The average molecular weight is 215 g/mol. The number of hydrogen-bond donors (Lipinski definition) is 1. The maximum Gasteiger partial charge on any atom is 0.0284 e. The molecular formula is C15H21N. The van der Waals surface area contributed by atoms with Crippen molar-refractivity contribution < 1.29 is 0 Å². The first kappa shape index (κ1) is 11.4. The van der Waals surface area contributed by atoms with Gasteiger partial charge in [-0.3, -0.25) is 0 Å². The largest absolute Gasteiger partial charge is 0.313 e. The molecule has 0 aliphatic heterocycles. The fourth-order valence-electron chi connectivity index (χ4n) is 2.66. The molecule has 1 nitrogen and oxygen atoms in total. The highest BCUT2D eigenvalue weighted by Gasteiger charge is 2.26. The Balaban J connectivity index is 2.13. The minimum absolute atomic E-state index is 0.511. The summed E-state index contributed by atoms with van der Waals surface area (Å²) in [4.78, 5) is 0. The molecule has 2 rings (SSSR count). The number of fused-ring (bicyclic) bond motifs is 1. The summed E-state index contributed by atoms with van der Waals surface area (Å²) in [5.74, 6) is 0.720. The molecule has 0 saturated carbocycles. The Morgan fingerprint density at radius 3 is 2.25 bits per heavy atom. The summed E-state index contributed by atoms with van der Waals surface area (Å²) in [6.45, 7) is 4.35. The van der Waals surface area contributed by atoms with Crippen LogP contribution in [-0.4, -0.2) is 13.1 Å². The molecular weight excluding hydrogens is 194 g/mol. The lowest BCUT2D eigenvalue weighted by molar-refractivity contribution is 0.444. The van der Waals surface area contributed by atoms with Gasteiger partial charge in [-0.2, -0.15) is 0 Å². The van der Waals surface area contributed by atoms with Crippen molar-refractivity contribution in [3.63, 3.8) is 0 Å². The van der Waals surface area contributed by atoms with Crippen molar-refractivity contribution in [2.45, 2.75) is 32.7 Å². The van der Waals surface area contributed by atoms with Gasteiger partial charge in [0, 0.05) is 6.04 Å². The summed E-state index contributed by atoms with van der Waals surface area (Å²) in [6.07, 6.45) is 4.79. The van der Waals surface area contributed by atoms with Crippen LogP contribution in [0.15, 0.2) is 35.9 Å². The molecule has 1 heteroatoms. The van der Waals surface area contributed by atoms with Gasteiger partial charge in [-0.05, 0) is 50.8 Å². The first-order valence-electron chi connectivity index (χ1n) is 6.09. The molecule has 1 atom stereocenters. The predicted octanol–water partition coefficient (Wildman–Crippen LogP) is 2.96. The maximum atomic E-state index is 3.43.